The number of rotatable bonds is 5. The van der Waals surface area contributed by atoms with E-state index >= 15 is 0 Å². The number of anilines is 1. The van der Waals surface area contributed by atoms with Crippen LogP contribution in [-0.4, -0.2) is 42.4 Å². The Morgan fingerprint density at radius 3 is 2.91 bits per heavy atom. The molecule has 8 nitrogen and oxygen atoms in total. The summed E-state index contributed by atoms with van der Waals surface area (Å²) in [6.07, 6.45) is 2.94. The number of carbonyl (C=O) groups excluding carboxylic acids is 2. The molecule has 0 unspecified atom stereocenters. The minimum Gasteiger partial charge on any atom is -0.341 e. The number of aromatic nitrogens is 5. The summed E-state index contributed by atoms with van der Waals surface area (Å²) in [6.45, 7) is 3.22. The smallest absolute Gasteiger partial charge is 0.236 e. The zero-order valence-electron chi connectivity index (χ0n) is 12.3. The van der Waals surface area contributed by atoms with Gasteiger partial charge >= 0.3 is 0 Å². The minimum atomic E-state index is -0.217. The summed E-state index contributed by atoms with van der Waals surface area (Å²) in [5.74, 6) is -0.110. The Morgan fingerprint density at radius 1 is 1.35 bits per heavy atom. The highest BCUT2D eigenvalue weighted by molar-refractivity contribution is 8.00. The largest absolute Gasteiger partial charge is 0.341 e. The molecule has 23 heavy (non-hydrogen) atoms. The number of amides is 1. The quantitative estimate of drug-likeness (QED) is 0.412. The third-order valence-electron chi connectivity index (χ3n) is 2.89. The number of imidazole rings is 1. The normalized spacial score (nSPS) is 10.9. The second-order valence-electron chi connectivity index (χ2n) is 4.61. The van der Waals surface area contributed by atoms with Gasteiger partial charge in [-0.05, 0) is 6.92 Å². The first-order valence-electron chi connectivity index (χ1n) is 6.59. The molecule has 0 aliphatic carbocycles. The number of H-pyrrole nitrogens is 1. The maximum Gasteiger partial charge on any atom is 0.236 e. The van der Waals surface area contributed by atoms with Gasteiger partial charge in [0.05, 0.1) is 22.7 Å². The van der Waals surface area contributed by atoms with Crippen molar-refractivity contribution in [3.63, 3.8) is 0 Å². The van der Waals surface area contributed by atoms with Crippen LogP contribution in [-0.2, 0) is 4.79 Å². The maximum atomic E-state index is 12.0. The molecular formula is C13H12N6O2S2. The molecule has 1 amide bonds. The predicted octanol–water partition coefficient (Wildman–Crippen LogP) is 2.05. The van der Waals surface area contributed by atoms with Crippen LogP contribution < -0.4 is 5.32 Å². The Morgan fingerprint density at radius 2 is 2.17 bits per heavy atom. The molecule has 2 N–H and O–H groups in total. The van der Waals surface area contributed by atoms with Crippen LogP contribution in [0.4, 0.5) is 5.13 Å². The average molecular weight is 348 g/mol. The highest BCUT2D eigenvalue weighted by Crippen LogP contribution is 2.24. The molecule has 0 saturated heterocycles. The Bertz CT molecular complexity index is 888. The van der Waals surface area contributed by atoms with Gasteiger partial charge in [0.25, 0.3) is 0 Å². The minimum absolute atomic E-state index is 0.0579. The molecule has 3 heterocycles. The number of hydrogen-bond donors (Lipinski definition) is 2. The van der Waals surface area contributed by atoms with E-state index in [4.69, 9.17) is 0 Å². The molecule has 0 aliphatic rings. The van der Waals surface area contributed by atoms with Gasteiger partial charge in [-0.3, -0.25) is 9.59 Å². The van der Waals surface area contributed by atoms with Crippen LogP contribution in [0, 0.1) is 6.92 Å². The van der Waals surface area contributed by atoms with Crippen molar-refractivity contribution in [2.75, 3.05) is 11.1 Å². The molecule has 10 heteroatoms. The van der Waals surface area contributed by atoms with Gasteiger partial charge in [-0.15, -0.1) is 0 Å². The number of nitrogens with zero attached hydrogens (tertiary/aromatic N) is 4. The van der Waals surface area contributed by atoms with Crippen LogP contribution in [0.15, 0.2) is 17.7 Å². The first-order valence-corrected chi connectivity index (χ1v) is 8.40. The molecule has 3 aromatic rings. The Labute approximate surface area is 139 Å². The maximum absolute atomic E-state index is 12.0. The van der Waals surface area contributed by atoms with E-state index in [2.05, 4.69) is 30.2 Å². The van der Waals surface area contributed by atoms with Gasteiger partial charge in [0, 0.05) is 6.92 Å². The zero-order valence-corrected chi connectivity index (χ0v) is 13.9. The highest BCUT2D eigenvalue weighted by atomic mass is 32.2. The monoisotopic (exact) mass is 348 g/mol. The second-order valence-corrected chi connectivity index (χ2v) is 6.57. The van der Waals surface area contributed by atoms with Gasteiger partial charge < -0.3 is 10.3 Å². The van der Waals surface area contributed by atoms with Crippen LogP contribution in [0.1, 0.15) is 22.3 Å². The number of fused-ring (bicyclic) bond motifs is 1. The molecule has 0 bridgehead atoms. The molecule has 0 atom stereocenters. The van der Waals surface area contributed by atoms with Crippen molar-refractivity contribution in [3.05, 3.63) is 23.2 Å². The van der Waals surface area contributed by atoms with E-state index in [1.807, 2.05) is 0 Å². The first-order chi connectivity index (χ1) is 11.0. The molecule has 0 spiro atoms. The lowest BCUT2D eigenvalue weighted by atomic mass is 10.3. The molecule has 0 aromatic carbocycles. The van der Waals surface area contributed by atoms with Gasteiger partial charge in [0.15, 0.2) is 16.6 Å². The molecule has 0 radical (unpaired) electrons. The molecule has 0 fully saturated rings. The topological polar surface area (TPSA) is 114 Å². The second kappa shape index (κ2) is 6.42. The van der Waals surface area contributed by atoms with E-state index in [1.54, 1.807) is 6.92 Å². The predicted molar refractivity (Wildman–Crippen MR) is 87.9 cm³/mol. The van der Waals surface area contributed by atoms with E-state index in [1.165, 1.54) is 42.7 Å². The van der Waals surface area contributed by atoms with Crippen LogP contribution >= 0.6 is 23.1 Å². The molecule has 0 aliphatic heterocycles. The van der Waals surface area contributed by atoms with Gasteiger partial charge in [-0.1, -0.05) is 23.1 Å². The van der Waals surface area contributed by atoms with E-state index in [0.29, 0.717) is 31.9 Å². The van der Waals surface area contributed by atoms with Crippen molar-refractivity contribution in [3.8, 4) is 0 Å². The fourth-order valence-electron chi connectivity index (χ4n) is 1.92. The number of aryl methyl sites for hydroxylation is 1. The summed E-state index contributed by atoms with van der Waals surface area (Å²) in [4.78, 5) is 43.3. The van der Waals surface area contributed by atoms with Gasteiger partial charge in [-0.2, -0.15) is 0 Å². The van der Waals surface area contributed by atoms with E-state index in [0.717, 1.165) is 0 Å². The van der Waals surface area contributed by atoms with Gasteiger partial charge in [0.2, 0.25) is 5.91 Å². The number of thiazole rings is 1. The third-order valence-corrected chi connectivity index (χ3v) is 5.05. The summed E-state index contributed by atoms with van der Waals surface area (Å²) in [7, 11) is 0. The van der Waals surface area contributed by atoms with Crippen molar-refractivity contribution in [1.29, 1.82) is 0 Å². The fraction of sp³-hybridized carbons (Fsp3) is 0.231. The van der Waals surface area contributed by atoms with Crippen LogP contribution in [0.3, 0.4) is 0 Å². The van der Waals surface area contributed by atoms with Crippen molar-refractivity contribution in [2.24, 2.45) is 0 Å². The average Bonchev–Trinajstić information content (AvgIpc) is 3.11. The van der Waals surface area contributed by atoms with Crippen molar-refractivity contribution < 1.29 is 9.59 Å². The van der Waals surface area contributed by atoms with E-state index in [-0.39, 0.29) is 17.4 Å². The van der Waals surface area contributed by atoms with E-state index in [9.17, 15) is 9.59 Å². The van der Waals surface area contributed by atoms with E-state index < -0.39 is 0 Å². The van der Waals surface area contributed by atoms with Gasteiger partial charge in [-0.25, -0.2) is 19.9 Å². The standard InChI is InChI=1S/C13H12N6O2S2/c1-6-10(7(2)20)23-13(18-6)19-8(21)3-22-12-9-11(15-4-14-9)16-5-17-12/h4-5H,3H2,1-2H3,(H,18,19,21)(H,14,15,16,17). The fourth-order valence-corrected chi connectivity index (χ4v) is 3.55. The van der Waals surface area contributed by atoms with Crippen LogP contribution in [0.2, 0.25) is 0 Å². The summed E-state index contributed by atoms with van der Waals surface area (Å²) in [5, 5.41) is 3.78. The summed E-state index contributed by atoms with van der Waals surface area (Å²) in [6, 6.07) is 0. The summed E-state index contributed by atoms with van der Waals surface area (Å²) < 4.78 is 0. The number of nitrogens with one attached hydrogen (secondary N) is 2. The molecule has 0 saturated carbocycles. The molecule has 3 aromatic heterocycles. The van der Waals surface area contributed by atoms with Crippen molar-refractivity contribution in [2.45, 2.75) is 18.9 Å². The number of carbonyl (C=O) groups is 2. The van der Waals surface area contributed by atoms with Crippen LogP contribution in [0.5, 0.6) is 0 Å². The number of Topliss-reactive ketones (excluding diaryl/α,β-unsaturated/α-hetero) is 1. The number of hydrogen-bond acceptors (Lipinski definition) is 8. The molecule has 118 valence electrons. The number of ketones is 1. The lowest BCUT2D eigenvalue weighted by Crippen LogP contribution is -2.14. The Balaban J connectivity index is 1.65. The SMILES string of the molecule is CC(=O)c1sc(NC(=O)CSc2ncnc3nc[nH]c23)nc1C. The molecule has 3 rings (SSSR count). The van der Waals surface area contributed by atoms with Gasteiger partial charge in [0.1, 0.15) is 16.9 Å². The van der Waals surface area contributed by atoms with Crippen molar-refractivity contribution in [1.82, 2.24) is 24.9 Å². The summed E-state index contributed by atoms with van der Waals surface area (Å²) in [5.41, 5.74) is 1.89. The summed E-state index contributed by atoms with van der Waals surface area (Å²) >= 11 is 2.45. The van der Waals surface area contributed by atoms with Crippen molar-refractivity contribution >= 4 is 51.1 Å². The number of thioether (sulfide) groups is 1. The zero-order chi connectivity index (χ0) is 16.4. The number of aromatic amines is 1. The molecular weight excluding hydrogens is 336 g/mol. The lowest BCUT2D eigenvalue weighted by molar-refractivity contribution is -0.113. The highest BCUT2D eigenvalue weighted by Gasteiger charge is 2.14. The third kappa shape index (κ3) is 3.37. The first kappa shape index (κ1) is 15.6. The lowest BCUT2D eigenvalue weighted by Gasteiger charge is -2.02. The Kier molecular flexibility index (Phi) is 4.35. The Hall–Kier alpha value is -2.33. The van der Waals surface area contributed by atoms with Crippen LogP contribution in [0.25, 0.3) is 11.2 Å².